The zero-order valence-electron chi connectivity index (χ0n) is 7.07. The maximum Gasteiger partial charge on any atom is 0.360 e. The Kier molecular flexibility index (Phi) is 3.45. The number of methoxy groups -OCH3 is 1. The van der Waals surface area contributed by atoms with Gasteiger partial charge in [-0.25, -0.2) is 0 Å². The molecule has 0 saturated carbocycles. The second-order valence-electron chi connectivity index (χ2n) is 2.48. The predicted octanol–water partition coefficient (Wildman–Crippen LogP) is 1.81. The molecule has 1 aromatic rings. The molecule has 0 heterocycles. The van der Waals surface area contributed by atoms with Crippen LogP contribution in [0.2, 0.25) is 10.0 Å². The minimum atomic E-state index is -4.39. The van der Waals surface area contributed by atoms with Gasteiger partial charge in [0.1, 0.15) is 11.1 Å². The molecule has 0 radical (unpaired) electrons. The zero-order valence-corrected chi connectivity index (χ0v) is 9.48. The van der Waals surface area contributed by atoms with Crippen LogP contribution in [0.25, 0.3) is 0 Å². The van der Waals surface area contributed by atoms with Gasteiger partial charge in [-0.1, -0.05) is 23.2 Å². The van der Waals surface area contributed by atoms with E-state index < -0.39 is 7.60 Å². The molecule has 0 unspecified atom stereocenters. The molecule has 7 heteroatoms. The van der Waals surface area contributed by atoms with Gasteiger partial charge in [0.25, 0.3) is 0 Å². The van der Waals surface area contributed by atoms with Crippen LogP contribution in [0.5, 0.6) is 5.75 Å². The van der Waals surface area contributed by atoms with Crippen LogP contribution < -0.4 is 10.0 Å². The molecule has 0 bridgehead atoms. The standard InChI is InChI=1S/C7H7Cl2O4P/c1-13-6-2-4(8)5(9)3-7(6)14(10,11)12/h2-3H,1H3,(H2,10,11,12). The van der Waals surface area contributed by atoms with E-state index in [1.54, 1.807) is 0 Å². The first-order valence-electron chi connectivity index (χ1n) is 3.45. The van der Waals surface area contributed by atoms with Crippen molar-refractivity contribution in [3.8, 4) is 5.75 Å². The Labute approximate surface area is 90.6 Å². The maximum absolute atomic E-state index is 11.0. The molecule has 14 heavy (non-hydrogen) atoms. The van der Waals surface area contributed by atoms with Crippen LogP contribution in [0.15, 0.2) is 12.1 Å². The molecule has 0 aliphatic heterocycles. The van der Waals surface area contributed by atoms with Crippen LogP contribution in [0.1, 0.15) is 0 Å². The van der Waals surface area contributed by atoms with E-state index in [0.29, 0.717) is 0 Å². The second kappa shape index (κ2) is 4.09. The Balaban J connectivity index is 3.43. The summed E-state index contributed by atoms with van der Waals surface area (Å²) in [5.74, 6) is 0.0210. The van der Waals surface area contributed by atoms with Gasteiger partial charge in [0.05, 0.1) is 17.2 Å². The van der Waals surface area contributed by atoms with E-state index >= 15 is 0 Å². The average molecular weight is 257 g/mol. The summed E-state index contributed by atoms with van der Waals surface area (Å²) >= 11 is 11.3. The minimum Gasteiger partial charge on any atom is -0.496 e. The fourth-order valence-corrected chi connectivity index (χ4v) is 2.04. The van der Waals surface area contributed by atoms with E-state index in [-0.39, 0.29) is 21.1 Å². The third-order valence-corrected chi connectivity index (χ3v) is 3.23. The van der Waals surface area contributed by atoms with Crippen LogP contribution in [0.3, 0.4) is 0 Å². The molecule has 0 amide bonds. The largest absolute Gasteiger partial charge is 0.496 e. The maximum atomic E-state index is 11.0. The van der Waals surface area contributed by atoms with Crippen molar-refractivity contribution in [1.82, 2.24) is 0 Å². The summed E-state index contributed by atoms with van der Waals surface area (Å²) in [6.45, 7) is 0. The first-order chi connectivity index (χ1) is 6.36. The van der Waals surface area contributed by atoms with E-state index in [1.165, 1.54) is 13.2 Å². The summed E-state index contributed by atoms with van der Waals surface area (Å²) in [7, 11) is -3.10. The molecule has 2 N–H and O–H groups in total. The van der Waals surface area contributed by atoms with E-state index in [9.17, 15) is 4.57 Å². The lowest BCUT2D eigenvalue weighted by Crippen LogP contribution is -2.08. The lowest BCUT2D eigenvalue weighted by Gasteiger charge is -2.10. The van der Waals surface area contributed by atoms with Gasteiger partial charge in [-0.3, -0.25) is 4.57 Å². The monoisotopic (exact) mass is 256 g/mol. The fourth-order valence-electron chi connectivity index (χ4n) is 0.909. The van der Waals surface area contributed by atoms with Gasteiger partial charge in [-0.05, 0) is 6.07 Å². The molecule has 78 valence electrons. The molecule has 0 spiro atoms. The molecule has 0 atom stereocenters. The number of hydrogen-bond donors (Lipinski definition) is 2. The van der Waals surface area contributed by atoms with E-state index in [0.717, 1.165) is 6.07 Å². The topological polar surface area (TPSA) is 66.8 Å². The minimum absolute atomic E-state index is 0.0210. The van der Waals surface area contributed by atoms with Gasteiger partial charge in [0.15, 0.2) is 0 Å². The first kappa shape index (κ1) is 11.8. The quantitative estimate of drug-likeness (QED) is 0.793. The van der Waals surface area contributed by atoms with Gasteiger partial charge in [-0.2, -0.15) is 0 Å². The molecule has 0 aliphatic carbocycles. The lowest BCUT2D eigenvalue weighted by atomic mass is 10.3. The summed E-state index contributed by atoms with van der Waals surface area (Å²) in [5, 5.41) is -0.0130. The Hall–Kier alpha value is -0.250. The predicted molar refractivity (Wildman–Crippen MR) is 54.7 cm³/mol. The van der Waals surface area contributed by atoms with Crippen molar-refractivity contribution >= 4 is 36.1 Å². The average Bonchev–Trinajstić information content (AvgIpc) is 2.07. The fraction of sp³-hybridized carbons (Fsp3) is 0.143. The number of benzene rings is 1. The van der Waals surface area contributed by atoms with Crippen LogP contribution in [0, 0.1) is 0 Å². The third-order valence-electron chi connectivity index (χ3n) is 1.54. The van der Waals surface area contributed by atoms with Crippen molar-refractivity contribution < 1.29 is 19.1 Å². The number of ether oxygens (including phenoxy) is 1. The summed E-state index contributed by atoms with van der Waals surface area (Å²) in [6, 6.07) is 2.36. The Morgan fingerprint density at radius 1 is 1.29 bits per heavy atom. The highest BCUT2D eigenvalue weighted by Gasteiger charge is 2.23. The number of hydrogen-bond acceptors (Lipinski definition) is 2. The van der Waals surface area contributed by atoms with Gasteiger partial charge in [-0.15, -0.1) is 0 Å². The van der Waals surface area contributed by atoms with Gasteiger partial charge >= 0.3 is 7.60 Å². The normalized spacial score (nSPS) is 11.5. The van der Waals surface area contributed by atoms with Crippen molar-refractivity contribution in [1.29, 1.82) is 0 Å². The molecule has 0 saturated heterocycles. The summed E-state index contributed by atoms with van der Waals surface area (Å²) in [4.78, 5) is 17.9. The van der Waals surface area contributed by atoms with Crippen LogP contribution in [0.4, 0.5) is 0 Å². The van der Waals surface area contributed by atoms with Crippen LogP contribution in [-0.2, 0) is 4.57 Å². The summed E-state index contributed by atoms with van der Waals surface area (Å²) in [6.07, 6.45) is 0. The second-order valence-corrected chi connectivity index (χ2v) is 4.87. The lowest BCUT2D eigenvalue weighted by molar-refractivity contribution is 0.380. The summed E-state index contributed by atoms with van der Waals surface area (Å²) in [5.41, 5.74) is 0. The molecule has 4 nitrogen and oxygen atoms in total. The molecular weight excluding hydrogens is 250 g/mol. The van der Waals surface area contributed by atoms with Gasteiger partial charge in [0.2, 0.25) is 0 Å². The van der Waals surface area contributed by atoms with Crippen molar-refractivity contribution in [2.24, 2.45) is 0 Å². The highest BCUT2D eigenvalue weighted by molar-refractivity contribution is 7.60. The van der Waals surface area contributed by atoms with Gasteiger partial charge < -0.3 is 14.5 Å². The zero-order chi connectivity index (χ0) is 10.9. The molecule has 0 aliphatic rings. The summed E-state index contributed by atoms with van der Waals surface area (Å²) < 4.78 is 15.8. The smallest absolute Gasteiger partial charge is 0.360 e. The highest BCUT2D eigenvalue weighted by atomic mass is 35.5. The first-order valence-corrected chi connectivity index (χ1v) is 5.82. The molecule has 0 fully saturated rings. The third kappa shape index (κ3) is 2.41. The molecular formula is C7H7Cl2O4P. The van der Waals surface area contributed by atoms with E-state index in [1.807, 2.05) is 0 Å². The Bertz CT molecular complexity index is 401. The van der Waals surface area contributed by atoms with Crippen molar-refractivity contribution in [3.05, 3.63) is 22.2 Å². The Morgan fingerprint density at radius 3 is 2.21 bits per heavy atom. The molecule has 1 rings (SSSR count). The van der Waals surface area contributed by atoms with Crippen molar-refractivity contribution in [2.75, 3.05) is 7.11 Å². The van der Waals surface area contributed by atoms with Crippen molar-refractivity contribution in [2.45, 2.75) is 0 Å². The number of halogens is 2. The van der Waals surface area contributed by atoms with Crippen LogP contribution in [-0.4, -0.2) is 16.9 Å². The number of rotatable bonds is 2. The Morgan fingerprint density at radius 2 is 1.79 bits per heavy atom. The molecule has 1 aromatic carbocycles. The SMILES string of the molecule is COc1cc(Cl)c(Cl)cc1P(=O)(O)O. The van der Waals surface area contributed by atoms with Crippen LogP contribution >= 0.6 is 30.8 Å². The van der Waals surface area contributed by atoms with E-state index in [4.69, 9.17) is 37.7 Å². The molecule has 0 aromatic heterocycles. The van der Waals surface area contributed by atoms with Gasteiger partial charge in [0, 0.05) is 6.07 Å². The highest BCUT2D eigenvalue weighted by Crippen LogP contribution is 2.40. The van der Waals surface area contributed by atoms with Crippen molar-refractivity contribution in [3.63, 3.8) is 0 Å². The van der Waals surface area contributed by atoms with E-state index in [2.05, 4.69) is 0 Å².